The van der Waals surface area contributed by atoms with E-state index in [1.54, 1.807) is 33.8 Å². The molecular formula is C26H30N2O8S. The minimum atomic E-state index is -1.36. The molecule has 37 heavy (non-hydrogen) atoms. The van der Waals surface area contributed by atoms with Crippen molar-refractivity contribution >= 4 is 40.8 Å². The van der Waals surface area contributed by atoms with Gasteiger partial charge < -0.3 is 24.3 Å². The van der Waals surface area contributed by atoms with Gasteiger partial charge in [0.15, 0.2) is 6.04 Å². The highest BCUT2D eigenvalue weighted by Crippen LogP contribution is 2.39. The van der Waals surface area contributed by atoms with Crippen LogP contribution in [0.3, 0.4) is 0 Å². The molecule has 11 heteroatoms. The Balaban J connectivity index is 2.62. The van der Waals surface area contributed by atoms with Crippen LogP contribution in [0.15, 0.2) is 30.3 Å². The first-order chi connectivity index (χ1) is 17.4. The van der Waals surface area contributed by atoms with Gasteiger partial charge in [0.1, 0.15) is 28.5 Å². The number of methoxy groups -OCH3 is 2. The number of esters is 2. The fourth-order valence-electron chi connectivity index (χ4n) is 3.20. The van der Waals surface area contributed by atoms with Gasteiger partial charge in [0.05, 0.1) is 26.5 Å². The molecule has 1 heterocycles. The number of carbonyl (C=O) groups is 4. The van der Waals surface area contributed by atoms with Crippen molar-refractivity contribution in [3.63, 3.8) is 0 Å². The van der Waals surface area contributed by atoms with Gasteiger partial charge in [-0.25, -0.2) is 4.79 Å². The highest BCUT2D eigenvalue weighted by molar-refractivity contribution is 7.14. The van der Waals surface area contributed by atoms with Gasteiger partial charge in [-0.2, -0.15) is 0 Å². The van der Waals surface area contributed by atoms with E-state index in [2.05, 4.69) is 5.32 Å². The van der Waals surface area contributed by atoms with E-state index in [1.165, 1.54) is 38.5 Å². The predicted molar refractivity (Wildman–Crippen MR) is 138 cm³/mol. The van der Waals surface area contributed by atoms with E-state index in [-0.39, 0.29) is 22.9 Å². The summed E-state index contributed by atoms with van der Waals surface area (Å²) in [6.45, 7) is 6.52. The van der Waals surface area contributed by atoms with Crippen molar-refractivity contribution in [2.24, 2.45) is 0 Å². The maximum atomic E-state index is 13.5. The summed E-state index contributed by atoms with van der Waals surface area (Å²) in [6, 6.07) is 6.26. The van der Waals surface area contributed by atoms with Crippen LogP contribution < -0.4 is 19.7 Å². The summed E-state index contributed by atoms with van der Waals surface area (Å²) >= 11 is 0.955. The molecule has 0 fully saturated rings. The third-order valence-corrected chi connectivity index (χ3v) is 5.82. The second kappa shape index (κ2) is 12.8. The fourth-order valence-corrected chi connectivity index (χ4v) is 4.17. The topological polar surface area (TPSA) is 120 Å². The summed E-state index contributed by atoms with van der Waals surface area (Å²) in [4.78, 5) is 52.6. The number of benzene rings is 1. The van der Waals surface area contributed by atoms with E-state index < -0.39 is 41.9 Å². The summed E-state index contributed by atoms with van der Waals surface area (Å²) in [5.74, 6) is -0.151. The SMILES string of the molecule is C#CC(=O)N(c1ccc(OC)cc1OC)C(C(=O)NCC(=O)OCC)c1ccc(C(=O)OC(C)(C)C)s1. The van der Waals surface area contributed by atoms with Crippen LogP contribution in [0.2, 0.25) is 0 Å². The molecule has 198 valence electrons. The second-order valence-electron chi connectivity index (χ2n) is 8.49. The van der Waals surface area contributed by atoms with Gasteiger partial charge in [0.2, 0.25) is 5.91 Å². The molecule has 2 amide bonds. The zero-order valence-electron chi connectivity index (χ0n) is 21.6. The average molecular weight is 531 g/mol. The Morgan fingerprint density at radius 3 is 2.38 bits per heavy atom. The van der Waals surface area contributed by atoms with Crippen LogP contribution in [0.5, 0.6) is 11.5 Å². The number of terminal acetylenes is 1. The molecule has 1 aromatic carbocycles. The fraction of sp³-hybridized carbons (Fsp3) is 0.385. The normalized spacial score (nSPS) is 11.5. The lowest BCUT2D eigenvalue weighted by Gasteiger charge is -2.30. The Labute approximate surface area is 219 Å². The van der Waals surface area contributed by atoms with Crippen molar-refractivity contribution in [1.82, 2.24) is 5.32 Å². The lowest BCUT2D eigenvalue weighted by atomic mass is 10.1. The molecule has 0 aliphatic carbocycles. The molecule has 1 atom stereocenters. The molecule has 1 aromatic heterocycles. The predicted octanol–water partition coefficient (Wildman–Crippen LogP) is 3.11. The van der Waals surface area contributed by atoms with E-state index >= 15 is 0 Å². The number of carbonyl (C=O) groups excluding carboxylic acids is 4. The van der Waals surface area contributed by atoms with Gasteiger partial charge in [-0.1, -0.05) is 0 Å². The number of nitrogens with one attached hydrogen (secondary N) is 1. The summed E-state index contributed by atoms with van der Waals surface area (Å²) in [5, 5.41) is 2.48. The lowest BCUT2D eigenvalue weighted by Crippen LogP contribution is -2.44. The molecule has 0 saturated carbocycles. The van der Waals surface area contributed by atoms with Crippen LogP contribution in [0.1, 0.15) is 48.3 Å². The smallest absolute Gasteiger partial charge is 0.348 e. The molecule has 1 unspecified atom stereocenters. The molecular weight excluding hydrogens is 500 g/mol. The van der Waals surface area contributed by atoms with Crippen LogP contribution >= 0.6 is 11.3 Å². The molecule has 2 rings (SSSR count). The zero-order chi connectivity index (χ0) is 27.8. The maximum absolute atomic E-state index is 13.5. The molecule has 0 aliphatic rings. The molecule has 2 aromatic rings. The average Bonchev–Trinajstić information content (AvgIpc) is 3.34. The van der Waals surface area contributed by atoms with E-state index in [1.807, 2.05) is 5.92 Å². The molecule has 0 radical (unpaired) electrons. The molecule has 0 bridgehead atoms. The van der Waals surface area contributed by atoms with E-state index in [4.69, 9.17) is 25.4 Å². The summed E-state index contributed by atoms with van der Waals surface area (Å²) in [7, 11) is 2.85. The largest absolute Gasteiger partial charge is 0.497 e. The van der Waals surface area contributed by atoms with Crippen molar-refractivity contribution in [2.75, 3.05) is 32.3 Å². The van der Waals surface area contributed by atoms with Crippen LogP contribution in [-0.2, 0) is 23.9 Å². The summed E-state index contributed by atoms with van der Waals surface area (Å²) in [5.41, 5.74) is -0.561. The van der Waals surface area contributed by atoms with Gasteiger partial charge in [-0.05, 0) is 57.9 Å². The highest BCUT2D eigenvalue weighted by atomic mass is 32.1. The first-order valence-corrected chi connectivity index (χ1v) is 12.1. The van der Waals surface area contributed by atoms with Gasteiger partial charge in [0, 0.05) is 10.9 Å². The van der Waals surface area contributed by atoms with Crippen molar-refractivity contribution in [3.8, 4) is 23.8 Å². The first kappa shape index (κ1) is 29.2. The monoisotopic (exact) mass is 530 g/mol. The van der Waals surface area contributed by atoms with E-state index in [0.717, 1.165) is 16.2 Å². The van der Waals surface area contributed by atoms with Crippen LogP contribution in [0, 0.1) is 12.3 Å². The van der Waals surface area contributed by atoms with Gasteiger partial charge in [-0.3, -0.25) is 19.3 Å². The number of hydrogen-bond acceptors (Lipinski definition) is 9. The quantitative estimate of drug-likeness (QED) is 0.368. The standard InChI is InChI=1S/C26H30N2O8S/c1-8-21(29)28(17-11-10-16(33-6)14-18(17)34-7)23(24(31)27-15-22(30)35-9-2)19-12-13-20(37-19)25(32)36-26(3,4)5/h1,10-14,23H,9,15H2,2-7H3,(H,27,31). The van der Waals surface area contributed by atoms with Crippen molar-refractivity contribution < 1.29 is 38.1 Å². The number of anilines is 1. The molecule has 1 N–H and O–H groups in total. The minimum absolute atomic E-state index is 0.132. The number of amides is 2. The maximum Gasteiger partial charge on any atom is 0.348 e. The Bertz CT molecular complexity index is 1190. The molecule has 0 aliphatic heterocycles. The zero-order valence-corrected chi connectivity index (χ0v) is 22.4. The molecule has 0 spiro atoms. The van der Waals surface area contributed by atoms with Crippen LogP contribution in [-0.4, -0.2) is 56.7 Å². The van der Waals surface area contributed by atoms with E-state index in [9.17, 15) is 19.2 Å². The van der Waals surface area contributed by atoms with E-state index in [0.29, 0.717) is 10.6 Å². The minimum Gasteiger partial charge on any atom is -0.497 e. The highest BCUT2D eigenvalue weighted by Gasteiger charge is 2.36. The Morgan fingerprint density at radius 1 is 1.11 bits per heavy atom. The number of hydrogen-bond donors (Lipinski definition) is 1. The number of thiophene rings is 1. The van der Waals surface area contributed by atoms with Crippen LogP contribution in [0.4, 0.5) is 5.69 Å². The lowest BCUT2D eigenvalue weighted by molar-refractivity contribution is -0.143. The van der Waals surface area contributed by atoms with Gasteiger partial charge >= 0.3 is 17.8 Å². The number of rotatable bonds is 10. The van der Waals surface area contributed by atoms with Crippen LogP contribution in [0.25, 0.3) is 0 Å². The third kappa shape index (κ3) is 7.72. The molecule has 10 nitrogen and oxygen atoms in total. The van der Waals surface area contributed by atoms with Gasteiger partial charge in [0.25, 0.3) is 0 Å². The third-order valence-electron chi connectivity index (χ3n) is 4.70. The Hall–Kier alpha value is -4.04. The first-order valence-electron chi connectivity index (χ1n) is 11.2. The van der Waals surface area contributed by atoms with Gasteiger partial charge in [-0.15, -0.1) is 17.8 Å². The van der Waals surface area contributed by atoms with Crippen molar-refractivity contribution in [3.05, 3.63) is 40.1 Å². The number of nitrogens with zero attached hydrogens (tertiary/aromatic N) is 1. The summed E-state index contributed by atoms with van der Waals surface area (Å²) in [6.07, 6.45) is 5.48. The van der Waals surface area contributed by atoms with Crippen molar-refractivity contribution in [2.45, 2.75) is 39.3 Å². The Kier molecular flexibility index (Phi) is 10.1. The molecule has 0 saturated heterocycles. The van der Waals surface area contributed by atoms with Crippen molar-refractivity contribution in [1.29, 1.82) is 0 Å². The second-order valence-corrected chi connectivity index (χ2v) is 9.60. The number of ether oxygens (including phenoxy) is 4. The Morgan fingerprint density at radius 2 is 1.81 bits per heavy atom. The summed E-state index contributed by atoms with van der Waals surface area (Å²) < 4.78 is 21.0.